The van der Waals surface area contributed by atoms with E-state index in [0.717, 1.165) is 43.5 Å². The second kappa shape index (κ2) is 5.19. The molecule has 0 radical (unpaired) electrons. The zero-order valence-electron chi connectivity index (χ0n) is 10.5. The Balaban J connectivity index is 1.92. The van der Waals surface area contributed by atoms with Crippen LogP contribution in [0.3, 0.4) is 0 Å². The van der Waals surface area contributed by atoms with Crippen molar-refractivity contribution in [2.24, 2.45) is 13.0 Å². The van der Waals surface area contributed by atoms with Crippen LogP contribution in [0.2, 0.25) is 0 Å². The molecular weight excluding hydrogens is 214 g/mol. The predicted octanol–water partition coefficient (Wildman–Crippen LogP) is 1.01. The van der Waals surface area contributed by atoms with Gasteiger partial charge in [0, 0.05) is 13.6 Å². The number of nitrogens with zero attached hydrogens (tertiary/aromatic N) is 3. The Bertz CT molecular complexity index is 423. The SMILES string of the molecule is Cc1nn(C)c(NCCC2CCNC2)c1C#N. The van der Waals surface area contributed by atoms with Crippen LogP contribution in [0.1, 0.15) is 24.1 Å². The molecule has 1 aromatic heterocycles. The first kappa shape index (κ1) is 11.9. The van der Waals surface area contributed by atoms with Crippen LogP contribution in [0.25, 0.3) is 0 Å². The standard InChI is InChI=1S/C12H19N5/c1-9-11(7-13)12(17(2)16-9)15-6-4-10-3-5-14-8-10/h10,14-15H,3-6,8H2,1-2H3. The van der Waals surface area contributed by atoms with Gasteiger partial charge in [0.2, 0.25) is 0 Å². The first-order valence-corrected chi connectivity index (χ1v) is 6.10. The zero-order valence-corrected chi connectivity index (χ0v) is 10.5. The van der Waals surface area contributed by atoms with Gasteiger partial charge in [-0.15, -0.1) is 0 Å². The first-order valence-electron chi connectivity index (χ1n) is 6.10. The van der Waals surface area contributed by atoms with Gasteiger partial charge in [0.15, 0.2) is 0 Å². The Morgan fingerprint density at radius 3 is 3.12 bits per heavy atom. The van der Waals surface area contributed by atoms with E-state index in [2.05, 4.69) is 21.8 Å². The number of rotatable bonds is 4. The fourth-order valence-electron chi connectivity index (χ4n) is 2.35. The van der Waals surface area contributed by atoms with Crippen LogP contribution in [-0.4, -0.2) is 29.4 Å². The minimum atomic E-state index is 0.664. The fourth-order valence-corrected chi connectivity index (χ4v) is 2.35. The largest absolute Gasteiger partial charge is 0.369 e. The molecule has 0 spiro atoms. The van der Waals surface area contributed by atoms with Gasteiger partial charge in [-0.2, -0.15) is 10.4 Å². The van der Waals surface area contributed by atoms with E-state index in [1.165, 1.54) is 6.42 Å². The first-order chi connectivity index (χ1) is 8.22. The van der Waals surface area contributed by atoms with Crippen molar-refractivity contribution >= 4 is 5.82 Å². The van der Waals surface area contributed by atoms with Crippen LogP contribution in [0.5, 0.6) is 0 Å². The highest BCUT2D eigenvalue weighted by molar-refractivity contribution is 5.54. The maximum Gasteiger partial charge on any atom is 0.142 e. The highest BCUT2D eigenvalue weighted by Crippen LogP contribution is 2.18. The van der Waals surface area contributed by atoms with Gasteiger partial charge in [-0.05, 0) is 38.8 Å². The second-order valence-corrected chi connectivity index (χ2v) is 4.62. The van der Waals surface area contributed by atoms with E-state index in [0.29, 0.717) is 5.56 Å². The van der Waals surface area contributed by atoms with E-state index in [9.17, 15) is 0 Å². The minimum absolute atomic E-state index is 0.664. The molecule has 1 aliphatic heterocycles. The molecule has 5 heteroatoms. The van der Waals surface area contributed by atoms with Crippen LogP contribution in [0, 0.1) is 24.2 Å². The summed E-state index contributed by atoms with van der Waals surface area (Å²) in [5, 5.41) is 20.0. The third kappa shape index (κ3) is 2.59. The molecule has 1 atom stereocenters. The molecule has 0 saturated carbocycles. The van der Waals surface area contributed by atoms with E-state index in [-0.39, 0.29) is 0 Å². The van der Waals surface area contributed by atoms with Gasteiger partial charge >= 0.3 is 0 Å². The maximum absolute atomic E-state index is 9.07. The number of anilines is 1. The van der Waals surface area contributed by atoms with Gasteiger partial charge in [-0.3, -0.25) is 4.68 Å². The van der Waals surface area contributed by atoms with Gasteiger partial charge in [0.05, 0.1) is 5.69 Å². The number of hydrogen-bond donors (Lipinski definition) is 2. The topological polar surface area (TPSA) is 65.7 Å². The molecule has 1 aliphatic rings. The zero-order chi connectivity index (χ0) is 12.3. The number of nitrogens with one attached hydrogen (secondary N) is 2. The third-order valence-electron chi connectivity index (χ3n) is 3.34. The molecule has 17 heavy (non-hydrogen) atoms. The molecular formula is C12H19N5. The number of hydrogen-bond acceptors (Lipinski definition) is 4. The van der Waals surface area contributed by atoms with E-state index in [1.54, 1.807) is 4.68 Å². The second-order valence-electron chi connectivity index (χ2n) is 4.62. The van der Waals surface area contributed by atoms with Crippen LogP contribution >= 0.6 is 0 Å². The molecule has 0 aliphatic carbocycles. The average molecular weight is 233 g/mol. The van der Waals surface area contributed by atoms with Gasteiger partial charge in [-0.25, -0.2) is 0 Å². The number of aryl methyl sites for hydroxylation is 2. The predicted molar refractivity (Wildman–Crippen MR) is 66.7 cm³/mol. The number of nitriles is 1. The van der Waals surface area contributed by atoms with Crippen LogP contribution in [0.4, 0.5) is 5.82 Å². The molecule has 5 nitrogen and oxygen atoms in total. The minimum Gasteiger partial charge on any atom is -0.369 e. The van der Waals surface area contributed by atoms with Gasteiger partial charge in [0.1, 0.15) is 17.5 Å². The lowest BCUT2D eigenvalue weighted by Crippen LogP contribution is -2.14. The smallest absolute Gasteiger partial charge is 0.142 e. The summed E-state index contributed by atoms with van der Waals surface area (Å²) in [5.74, 6) is 1.61. The Labute approximate surface area is 102 Å². The van der Waals surface area contributed by atoms with Gasteiger partial charge in [0.25, 0.3) is 0 Å². The Morgan fingerprint density at radius 2 is 2.47 bits per heavy atom. The van der Waals surface area contributed by atoms with E-state index < -0.39 is 0 Å². The molecule has 0 amide bonds. The van der Waals surface area contributed by atoms with Gasteiger partial charge < -0.3 is 10.6 Å². The molecule has 1 unspecified atom stereocenters. The van der Waals surface area contributed by atoms with Crippen molar-refractivity contribution in [3.05, 3.63) is 11.3 Å². The molecule has 0 bridgehead atoms. The van der Waals surface area contributed by atoms with Crippen LogP contribution in [-0.2, 0) is 7.05 Å². The Hall–Kier alpha value is -1.54. The molecule has 1 fully saturated rings. The summed E-state index contributed by atoms with van der Waals surface area (Å²) in [5.41, 5.74) is 1.46. The van der Waals surface area contributed by atoms with Crippen molar-refractivity contribution in [3.8, 4) is 6.07 Å². The summed E-state index contributed by atoms with van der Waals surface area (Å²) in [7, 11) is 1.87. The normalized spacial score (nSPS) is 19.2. The third-order valence-corrected chi connectivity index (χ3v) is 3.34. The molecule has 92 valence electrons. The van der Waals surface area contributed by atoms with E-state index in [1.807, 2.05) is 14.0 Å². The highest BCUT2D eigenvalue weighted by Gasteiger charge is 2.15. The molecule has 1 aromatic rings. The summed E-state index contributed by atoms with van der Waals surface area (Å²) in [6, 6.07) is 2.20. The summed E-state index contributed by atoms with van der Waals surface area (Å²) < 4.78 is 1.75. The summed E-state index contributed by atoms with van der Waals surface area (Å²) >= 11 is 0. The lowest BCUT2D eigenvalue weighted by molar-refractivity contribution is 0.547. The summed E-state index contributed by atoms with van der Waals surface area (Å²) in [6.45, 7) is 5.03. The molecule has 0 aromatic carbocycles. The molecule has 2 N–H and O–H groups in total. The molecule has 2 heterocycles. The Kier molecular flexibility index (Phi) is 3.64. The van der Waals surface area contributed by atoms with Crippen molar-refractivity contribution in [1.82, 2.24) is 15.1 Å². The van der Waals surface area contributed by atoms with Crippen molar-refractivity contribution in [2.75, 3.05) is 25.0 Å². The highest BCUT2D eigenvalue weighted by atomic mass is 15.3. The van der Waals surface area contributed by atoms with Gasteiger partial charge in [-0.1, -0.05) is 0 Å². The van der Waals surface area contributed by atoms with Crippen molar-refractivity contribution in [1.29, 1.82) is 5.26 Å². The lowest BCUT2D eigenvalue weighted by Gasteiger charge is -2.10. The average Bonchev–Trinajstić information content (AvgIpc) is 2.88. The molecule has 2 rings (SSSR count). The van der Waals surface area contributed by atoms with Crippen molar-refractivity contribution < 1.29 is 0 Å². The van der Waals surface area contributed by atoms with Crippen molar-refractivity contribution in [3.63, 3.8) is 0 Å². The quantitative estimate of drug-likeness (QED) is 0.814. The monoisotopic (exact) mass is 233 g/mol. The summed E-state index contributed by atoms with van der Waals surface area (Å²) in [6.07, 6.45) is 2.40. The van der Waals surface area contributed by atoms with E-state index >= 15 is 0 Å². The van der Waals surface area contributed by atoms with E-state index in [4.69, 9.17) is 5.26 Å². The Morgan fingerprint density at radius 1 is 1.65 bits per heavy atom. The van der Waals surface area contributed by atoms with Crippen LogP contribution < -0.4 is 10.6 Å². The number of aromatic nitrogens is 2. The fraction of sp³-hybridized carbons (Fsp3) is 0.667. The lowest BCUT2D eigenvalue weighted by atomic mass is 10.1. The summed E-state index contributed by atoms with van der Waals surface area (Å²) in [4.78, 5) is 0. The maximum atomic E-state index is 9.07. The molecule has 1 saturated heterocycles. The van der Waals surface area contributed by atoms with Crippen molar-refractivity contribution in [2.45, 2.75) is 19.8 Å². The van der Waals surface area contributed by atoms with Crippen LogP contribution in [0.15, 0.2) is 0 Å².